The van der Waals surface area contributed by atoms with E-state index in [0.717, 1.165) is 0 Å². The third-order valence-corrected chi connectivity index (χ3v) is 5.56. The number of carbonyl (C=O) groups is 1. The summed E-state index contributed by atoms with van der Waals surface area (Å²) < 4.78 is 32.4. The molecule has 0 unspecified atom stereocenters. The first kappa shape index (κ1) is 20.2. The van der Waals surface area contributed by atoms with E-state index < -0.39 is 15.9 Å². The zero-order chi connectivity index (χ0) is 20.9. The number of aromatic hydroxyl groups is 1. The van der Waals surface area contributed by atoms with Crippen molar-refractivity contribution in [1.29, 1.82) is 0 Å². The van der Waals surface area contributed by atoms with Gasteiger partial charge in [0.2, 0.25) is 0 Å². The highest BCUT2D eigenvalue weighted by molar-refractivity contribution is 7.92. The molecule has 3 aromatic carbocycles. The Morgan fingerprint density at radius 2 is 1.76 bits per heavy atom. The molecule has 0 aliphatic heterocycles. The normalized spacial score (nSPS) is 10.9. The summed E-state index contributed by atoms with van der Waals surface area (Å²) >= 11 is 0. The fourth-order valence-corrected chi connectivity index (χ4v) is 3.71. The van der Waals surface area contributed by atoms with E-state index in [1.165, 1.54) is 31.4 Å². The molecule has 0 heterocycles. The number of anilines is 1. The molecule has 0 saturated heterocycles. The zero-order valence-corrected chi connectivity index (χ0v) is 16.4. The standard InChI is InChI=1S/C21H20N2O5S/c1-28-18-11-10-16(20(24)13-18)14-22-21(25)15-6-5-7-17(12-15)23-29(26,27)19-8-3-2-4-9-19/h2-13,23-24H,14H2,1H3,(H,22,25). The summed E-state index contributed by atoms with van der Waals surface area (Å²) in [4.78, 5) is 12.6. The number of amides is 1. The molecular formula is C21H20N2O5S. The van der Waals surface area contributed by atoms with Crippen LogP contribution in [0.5, 0.6) is 11.5 Å². The van der Waals surface area contributed by atoms with Crippen molar-refractivity contribution in [2.45, 2.75) is 11.4 Å². The SMILES string of the molecule is COc1ccc(CNC(=O)c2cccc(NS(=O)(=O)c3ccccc3)c2)c(O)c1. The van der Waals surface area contributed by atoms with E-state index in [1.54, 1.807) is 48.5 Å². The van der Waals surface area contributed by atoms with Crippen molar-refractivity contribution in [3.05, 3.63) is 83.9 Å². The highest BCUT2D eigenvalue weighted by Gasteiger charge is 2.15. The predicted octanol–water partition coefficient (Wildman–Crippen LogP) is 3.13. The first-order chi connectivity index (χ1) is 13.9. The lowest BCUT2D eigenvalue weighted by Crippen LogP contribution is -2.23. The Morgan fingerprint density at radius 3 is 2.45 bits per heavy atom. The maximum atomic E-state index is 12.4. The molecule has 0 aromatic heterocycles. The third kappa shape index (κ3) is 5.05. The predicted molar refractivity (Wildman–Crippen MR) is 110 cm³/mol. The fraction of sp³-hybridized carbons (Fsp3) is 0.0952. The van der Waals surface area contributed by atoms with Crippen LogP contribution in [-0.2, 0) is 16.6 Å². The molecule has 0 aliphatic carbocycles. The van der Waals surface area contributed by atoms with E-state index >= 15 is 0 Å². The lowest BCUT2D eigenvalue weighted by molar-refractivity contribution is 0.0950. The van der Waals surface area contributed by atoms with E-state index in [-0.39, 0.29) is 28.4 Å². The van der Waals surface area contributed by atoms with Crippen molar-refractivity contribution in [3.63, 3.8) is 0 Å². The summed E-state index contributed by atoms with van der Waals surface area (Å²) in [6.07, 6.45) is 0. The summed E-state index contributed by atoms with van der Waals surface area (Å²) in [7, 11) is -2.25. The molecule has 0 saturated carbocycles. The van der Waals surface area contributed by atoms with Crippen LogP contribution in [0.1, 0.15) is 15.9 Å². The Labute approximate surface area is 169 Å². The lowest BCUT2D eigenvalue weighted by Gasteiger charge is -2.11. The van der Waals surface area contributed by atoms with Crippen LogP contribution in [0, 0.1) is 0 Å². The van der Waals surface area contributed by atoms with Gasteiger partial charge in [0.25, 0.3) is 15.9 Å². The van der Waals surface area contributed by atoms with Gasteiger partial charge in [0, 0.05) is 29.4 Å². The van der Waals surface area contributed by atoms with Gasteiger partial charge in [0.15, 0.2) is 0 Å². The van der Waals surface area contributed by atoms with Crippen molar-refractivity contribution in [2.75, 3.05) is 11.8 Å². The quantitative estimate of drug-likeness (QED) is 0.553. The minimum atomic E-state index is -3.75. The van der Waals surface area contributed by atoms with Gasteiger partial charge in [-0.05, 0) is 42.5 Å². The Kier molecular flexibility index (Phi) is 6.04. The number of nitrogens with one attached hydrogen (secondary N) is 2. The fourth-order valence-electron chi connectivity index (χ4n) is 2.64. The number of sulfonamides is 1. The second-order valence-electron chi connectivity index (χ2n) is 6.18. The average Bonchev–Trinajstić information content (AvgIpc) is 2.73. The van der Waals surface area contributed by atoms with Crippen LogP contribution >= 0.6 is 0 Å². The van der Waals surface area contributed by atoms with Gasteiger partial charge in [-0.25, -0.2) is 8.42 Å². The molecule has 0 spiro atoms. The van der Waals surface area contributed by atoms with E-state index in [9.17, 15) is 18.3 Å². The third-order valence-electron chi connectivity index (χ3n) is 4.16. The minimum absolute atomic E-state index is 0.00835. The molecule has 29 heavy (non-hydrogen) atoms. The van der Waals surface area contributed by atoms with Gasteiger partial charge in [0.1, 0.15) is 11.5 Å². The molecule has 3 N–H and O–H groups in total. The Bertz CT molecular complexity index is 1110. The van der Waals surface area contributed by atoms with Crippen molar-refractivity contribution < 1.29 is 23.1 Å². The second-order valence-corrected chi connectivity index (χ2v) is 7.86. The van der Waals surface area contributed by atoms with Crippen LogP contribution < -0.4 is 14.8 Å². The number of methoxy groups -OCH3 is 1. The number of ether oxygens (including phenoxy) is 1. The largest absolute Gasteiger partial charge is 0.507 e. The molecule has 0 fully saturated rings. The number of carbonyl (C=O) groups excluding carboxylic acids is 1. The first-order valence-electron chi connectivity index (χ1n) is 8.71. The monoisotopic (exact) mass is 412 g/mol. The van der Waals surface area contributed by atoms with E-state index in [1.807, 2.05) is 0 Å². The van der Waals surface area contributed by atoms with Crippen LogP contribution in [0.15, 0.2) is 77.7 Å². The van der Waals surface area contributed by atoms with E-state index in [2.05, 4.69) is 10.0 Å². The summed E-state index contributed by atoms with van der Waals surface area (Å²) in [5.41, 5.74) is 1.08. The van der Waals surface area contributed by atoms with Crippen LogP contribution in [0.25, 0.3) is 0 Å². The summed E-state index contributed by atoms with van der Waals surface area (Å²) in [5, 5.41) is 12.7. The van der Waals surface area contributed by atoms with Crippen LogP contribution in [0.2, 0.25) is 0 Å². The van der Waals surface area contributed by atoms with E-state index in [0.29, 0.717) is 11.3 Å². The Balaban J connectivity index is 1.70. The highest BCUT2D eigenvalue weighted by atomic mass is 32.2. The number of benzene rings is 3. The Hall–Kier alpha value is -3.52. The van der Waals surface area contributed by atoms with Crippen molar-refractivity contribution >= 4 is 21.6 Å². The minimum Gasteiger partial charge on any atom is -0.507 e. The smallest absolute Gasteiger partial charge is 0.261 e. The number of rotatable bonds is 7. The van der Waals surface area contributed by atoms with Gasteiger partial charge >= 0.3 is 0 Å². The summed E-state index contributed by atoms with van der Waals surface area (Å²) in [6.45, 7) is 0.106. The maximum Gasteiger partial charge on any atom is 0.261 e. The molecular weight excluding hydrogens is 392 g/mol. The summed E-state index contributed by atoms with van der Waals surface area (Å²) in [5.74, 6) is 0.117. The molecule has 0 radical (unpaired) electrons. The topological polar surface area (TPSA) is 105 Å². The van der Waals surface area contributed by atoms with Crippen LogP contribution in [0.4, 0.5) is 5.69 Å². The van der Waals surface area contributed by atoms with Gasteiger partial charge in [0.05, 0.1) is 12.0 Å². The van der Waals surface area contributed by atoms with Crippen molar-refractivity contribution in [2.24, 2.45) is 0 Å². The van der Waals surface area contributed by atoms with Crippen molar-refractivity contribution in [1.82, 2.24) is 5.32 Å². The van der Waals surface area contributed by atoms with Crippen LogP contribution in [-0.4, -0.2) is 26.5 Å². The average molecular weight is 412 g/mol. The number of phenols is 1. The molecule has 3 aromatic rings. The maximum absolute atomic E-state index is 12.4. The molecule has 0 atom stereocenters. The lowest BCUT2D eigenvalue weighted by atomic mass is 10.1. The summed E-state index contributed by atoms with van der Waals surface area (Å²) in [6, 6.07) is 18.9. The number of phenolic OH excluding ortho intramolecular Hbond substituents is 1. The highest BCUT2D eigenvalue weighted by Crippen LogP contribution is 2.23. The molecule has 0 aliphatic rings. The molecule has 150 valence electrons. The first-order valence-corrected chi connectivity index (χ1v) is 10.2. The Morgan fingerprint density at radius 1 is 1.00 bits per heavy atom. The second kappa shape index (κ2) is 8.66. The molecule has 7 nitrogen and oxygen atoms in total. The van der Waals surface area contributed by atoms with E-state index in [4.69, 9.17) is 4.74 Å². The van der Waals surface area contributed by atoms with Gasteiger partial charge in [-0.2, -0.15) is 0 Å². The molecule has 1 amide bonds. The molecule has 8 heteroatoms. The number of hydrogen-bond donors (Lipinski definition) is 3. The van der Waals surface area contributed by atoms with Gasteiger partial charge in [-0.15, -0.1) is 0 Å². The zero-order valence-electron chi connectivity index (χ0n) is 15.6. The van der Waals surface area contributed by atoms with Gasteiger partial charge < -0.3 is 15.2 Å². The number of hydrogen-bond acceptors (Lipinski definition) is 5. The van der Waals surface area contributed by atoms with Crippen molar-refractivity contribution in [3.8, 4) is 11.5 Å². The molecule has 0 bridgehead atoms. The van der Waals surface area contributed by atoms with Gasteiger partial charge in [-0.3, -0.25) is 9.52 Å². The van der Waals surface area contributed by atoms with Gasteiger partial charge in [-0.1, -0.05) is 24.3 Å². The van der Waals surface area contributed by atoms with Crippen LogP contribution in [0.3, 0.4) is 0 Å². The molecule has 3 rings (SSSR count).